The van der Waals surface area contributed by atoms with Crippen LogP contribution in [-0.4, -0.2) is 19.3 Å². The molecule has 5 rings (SSSR count). The van der Waals surface area contributed by atoms with Gasteiger partial charge in [-0.25, -0.2) is 0 Å². The van der Waals surface area contributed by atoms with Gasteiger partial charge >= 0.3 is 0 Å². The summed E-state index contributed by atoms with van der Waals surface area (Å²) in [5, 5.41) is 3.97. The summed E-state index contributed by atoms with van der Waals surface area (Å²) in [6.07, 6.45) is 4.42. The van der Waals surface area contributed by atoms with E-state index in [1.807, 2.05) is 36.4 Å². The summed E-state index contributed by atoms with van der Waals surface area (Å²) in [5.74, 6) is 3.04. The highest BCUT2D eigenvalue weighted by molar-refractivity contribution is 5.84. The molecule has 1 N–H and O–H groups in total. The Labute approximate surface area is 162 Å². The zero-order valence-corrected chi connectivity index (χ0v) is 15.5. The van der Waals surface area contributed by atoms with Crippen molar-refractivity contribution in [3.05, 3.63) is 53.3 Å². The lowest BCUT2D eigenvalue weighted by Gasteiger charge is -2.10. The second-order valence-corrected chi connectivity index (χ2v) is 7.12. The van der Waals surface area contributed by atoms with Crippen LogP contribution in [0.2, 0.25) is 0 Å². The number of aryl methyl sites for hydroxylation is 2. The van der Waals surface area contributed by atoms with Crippen LogP contribution in [-0.2, 0) is 24.2 Å². The first-order chi connectivity index (χ1) is 13.8. The minimum atomic E-state index is -0.174. The van der Waals surface area contributed by atoms with Crippen LogP contribution in [0.3, 0.4) is 0 Å². The van der Waals surface area contributed by atoms with E-state index in [1.165, 1.54) is 18.4 Å². The summed E-state index contributed by atoms with van der Waals surface area (Å²) < 4.78 is 22.3. The lowest BCUT2D eigenvalue weighted by molar-refractivity contribution is -0.123. The molecule has 2 heterocycles. The van der Waals surface area contributed by atoms with E-state index in [2.05, 4.69) is 5.32 Å². The lowest BCUT2D eigenvalue weighted by atomic mass is 9.96. The summed E-state index contributed by atoms with van der Waals surface area (Å²) in [6.45, 7) is 0.617. The van der Waals surface area contributed by atoms with Crippen LogP contribution in [0.1, 0.15) is 29.7 Å². The van der Waals surface area contributed by atoms with Crippen LogP contribution in [0.15, 0.2) is 40.8 Å². The quantitative estimate of drug-likeness (QED) is 0.731. The Morgan fingerprint density at radius 3 is 2.89 bits per heavy atom. The normalized spacial score (nSPS) is 14.7. The van der Waals surface area contributed by atoms with Gasteiger partial charge in [0.25, 0.3) is 5.91 Å². The molecular weight excluding hydrogens is 358 g/mol. The third-order valence-corrected chi connectivity index (χ3v) is 5.22. The number of furan rings is 1. The molecule has 1 aliphatic heterocycles. The Morgan fingerprint density at radius 2 is 1.93 bits per heavy atom. The van der Waals surface area contributed by atoms with Gasteiger partial charge in [0, 0.05) is 23.9 Å². The van der Waals surface area contributed by atoms with Gasteiger partial charge < -0.3 is 23.9 Å². The molecule has 1 aliphatic carbocycles. The molecule has 0 bridgehead atoms. The van der Waals surface area contributed by atoms with Crippen molar-refractivity contribution < 1.29 is 23.4 Å². The number of rotatable bonds is 5. The third-order valence-electron chi connectivity index (χ3n) is 5.22. The first kappa shape index (κ1) is 17.0. The molecule has 0 unspecified atom stereocenters. The van der Waals surface area contributed by atoms with E-state index in [0.29, 0.717) is 18.0 Å². The Morgan fingerprint density at radius 1 is 1.04 bits per heavy atom. The van der Waals surface area contributed by atoms with Crippen molar-refractivity contribution in [3.8, 4) is 17.2 Å². The second kappa shape index (κ2) is 7.11. The molecule has 144 valence electrons. The predicted molar refractivity (Wildman–Crippen MR) is 103 cm³/mol. The standard InChI is InChI=1S/C22H21NO5/c24-22(23-11-14-5-7-20-21(9-14)27-13-26-20)12-25-15-6-8-19-17(10-15)16-3-1-2-4-18(16)28-19/h5-10H,1-4,11-13H2,(H,23,24). The maximum absolute atomic E-state index is 12.2. The molecule has 6 nitrogen and oxygen atoms in total. The smallest absolute Gasteiger partial charge is 0.258 e. The van der Waals surface area contributed by atoms with E-state index in [-0.39, 0.29) is 19.3 Å². The highest BCUT2D eigenvalue weighted by Gasteiger charge is 2.18. The first-order valence-corrected chi connectivity index (χ1v) is 9.58. The molecule has 0 spiro atoms. The largest absolute Gasteiger partial charge is 0.484 e. The van der Waals surface area contributed by atoms with E-state index in [4.69, 9.17) is 18.6 Å². The fraction of sp³-hybridized carbons (Fsp3) is 0.318. The molecule has 0 saturated carbocycles. The molecule has 0 radical (unpaired) electrons. The monoisotopic (exact) mass is 379 g/mol. The number of carbonyl (C=O) groups is 1. The van der Waals surface area contributed by atoms with Crippen molar-refractivity contribution >= 4 is 16.9 Å². The van der Waals surface area contributed by atoms with Gasteiger partial charge in [-0.05, 0) is 55.2 Å². The summed E-state index contributed by atoms with van der Waals surface area (Å²) in [6, 6.07) is 11.4. The molecule has 6 heteroatoms. The highest BCUT2D eigenvalue weighted by atomic mass is 16.7. The van der Waals surface area contributed by atoms with E-state index >= 15 is 0 Å². The van der Waals surface area contributed by atoms with Gasteiger partial charge in [0.2, 0.25) is 6.79 Å². The molecule has 1 amide bonds. The van der Waals surface area contributed by atoms with Gasteiger partial charge in [0.05, 0.1) is 0 Å². The maximum Gasteiger partial charge on any atom is 0.258 e. The maximum atomic E-state index is 12.2. The molecule has 28 heavy (non-hydrogen) atoms. The van der Waals surface area contributed by atoms with Crippen LogP contribution in [0, 0.1) is 0 Å². The zero-order chi connectivity index (χ0) is 18.9. The van der Waals surface area contributed by atoms with Crippen LogP contribution in [0.4, 0.5) is 0 Å². The van der Waals surface area contributed by atoms with Crippen molar-refractivity contribution in [2.24, 2.45) is 0 Å². The van der Waals surface area contributed by atoms with Crippen LogP contribution in [0.25, 0.3) is 11.0 Å². The number of ether oxygens (including phenoxy) is 3. The molecule has 2 aliphatic rings. The van der Waals surface area contributed by atoms with Crippen molar-refractivity contribution in [1.82, 2.24) is 5.32 Å². The number of carbonyl (C=O) groups excluding carboxylic acids is 1. The van der Waals surface area contributed by atoms with Gasteiger partial charge in [0.15, 0.2) is 18.1 Å². The van der Waals surface area contributed by atoms with E-state index in [1.54, 1.807) is 0 Å². The fourth-order valence-corrected chi connectivity index (χ4v) is 3.78. The van der Waals surface area contributed by atoms with E-state index < -0.39 is 0 Å². The van der Waals surface area contributed by atoms with Crippen LogP contribution >= 0.6 is 0 Å². The minimum absolute atomic E-state index is 0.0316. The van der Waals surface area contributed by atoms with Gasteiger partial charge in [-0.15, -0.1) is 0 Å². The average Bonchev–Trinajstić information content (AvgIpc) is 3.34. The Bertz CT molecular complexity index is 1040. The van der Waals surface area contributed by atoms with Crippen LogP contribution < -0.4 is 19.5 Å². The molecule has 1 aromatic heterocycles. The Kier molecular flexibility index (Phi) is 4.31. The van der Waals surface area contributed by atoms with Gasteiger partial charge in [-0.2, -0.15) is 0 Å². The highest BCUT2D eigenvalue weighted by Crippen LogP contribution is 2.34. The molecule has 0 saturated heterocycles. The predicted octanol–water partition coefficient (Wildman–Crippen LogP) is 3.74. The molecule has 0 fully saturated rings. The zero-order valence-electron chi connectivity index (χ0n) is 15.5. The first-order valence-electron chi connectivity index (χ1n) is 9.58. The molecular formula is C22H21NO5. The molecule has 2 aromatic carbocycles. The SMILES string of the molecule is O=C(COc1ccc2oc3c(c2c1)CCCC3)NCc1ccc2c(c1)OCO2. The molecule has 3 aromatic rings. The lowest BCUT2D eigenvalue weighted by Crippen LogP contribution is -2.28. The number of nitrogens with one attached hydrogen (secondary N) is 1. The Hall–Kier alpha value is -3.15. The minimum Gasteiger partial charge on any atom is -0.484 e. The van der Waals surface area contributed by atoms with Gasteiger partial charge in [-0.1, -0.05) is 6.07 Å². The summed E-state index contributed by atoms with van der Waals surface area (Å²) in [7, 11) is 0. The van der Waals surface area contributed by atoms with Crippen LogP contribution in [0.5, 0.6) is 17.2 Å². The number of fused-ring (bicyclic) bond motifs is 4. The number of hydrogen-bond donors (Lipinski definition) is 1. The summed E-state index contributed by atoms with van der Waals surface area (Å²) >= 11 is 0. The van der Waals surface area contributed by atoms with Crippen molar-refractivity contribution in [3.63, 3.8) is 0 Å². The second-order valence-electron chi connectivity index (χ2n) is 7.12. The average molecular weight is 379 g/mol. The van der Waals surface area contributed by atoms with Crippen molar-refractivity contribution in [1.29, 1.82) is 0 Å². The number of hydrogen-bond acceptors (Lipinski definition) is 5. The summed E-state index contributed by atoms with van der Waals surface area (Å²) in [5.41, 5.74) is 3.13. The topological polar surface area (TPSA) is 69.9 Å². The van der Waals surface area contributed by atoms with Gasteiger partial charge in [-0.3, -0.25) is 4.79 Å². The van der Waals surface area contributed by atoms with Crippen molar-refractivity contribution in [2.45, 2.75) is 32.2 Å². The third kappa shape index (κ3) is 3.26. The van der Waals surface area contributed by atoms with E-state index in [9.17, 15) is 4.79 Å². The number of benzene rings is 2. The van der Waals surface area contributed by atoms with Crippen molar-refractivity contribution in [2.75, 3.05) is 13.4 Å². The Balaban J connectivity index is 1.19. The fourth-order valence-electron chi connectivity index (χ4n) is 3.78. The summed E-state index contributed by atoms with van der Waals surface area (Å²) in [4.78, 5) is 12.2. The molecule has 0 atom stereocenters. The van der Waals surface area contributed by atoms with Gasteiger partial charge in [0.1, 0.15) is 17.1 Å². The number of amides is 1. The van der Waals surface area contributed by atoms with E-state index in [0.717, 1.165) is 40.9 Å².